The van der Waals surface area contributed by atoms with Gasteiger partial charge in [-0.1, -0.05) is 27.2 Å². The van der Waals surface area contributed by atoms with Crippen molar-refractivity contribution in [3.63, 3.8) is 0 Å². The van der Waals surface area contributed by atoms with E-state index in [1.54, 1.807) is 0 Å². The Morgan fingerprint density at radius 3 is 2.20 bits per heavy atom. The highest BCUT2D eigenvalue weighted by Crippen LogP contribution is 2.25. The van der Waals surface area contributed by atoms with Gasteiger partial charge in [-0.2, -0.15) is 0 Å². The lowest BCUT2D eigenvalue weighted by Crippen LogP contribution is -2.31. The first-order chi connectivity index (χ1) is 9.43. The average Bonchev–Trinajstić information content (AvgIpc) is 2.39. The lowest BCUT2D eigenvalue weighted by molar-refractivity contribution is 0.508. The summed E-state index contributed by atoms with van der Waals surface area (Å²) >= 11 is 0. The minimum absolute atomic E-state index is 0.0564. The van der Waals surface area contributed by atoms with Gasteiger partial charge in [-0.05, 0) is 33.6 Å². The van der Waals surface area contributed by atoms with Crippen molar-refractivity contribution in [1.29, 1.82) is 0 Å². The summed E-state index contributed by atoms with van der Waals surface area (Å²) < 4.78 is 0. The van der Waals surface area contributed by atoms with Crippen molar-refractivity contribution >= 4 is 11.6 Å². The van der Waals surface area contributed by atoms with Crippen molar-refractivity contribution < 1.29 is 0 Å². The van der Waals surface area contributed by atoms with Crippen LogP contribution >= 0.6 is 0 Å². The molecule has 0 aromatic carbocycles. The molecule has 20 heavy (non-hydrogen) atoms. The number of nitrogens with zero attached hydrogens (tertiary/aromatic N) is 2. The van der Waals surface area contributed by atoms with Gasteiger partial charge < -0.3 is 10.6 Å². The lowest BCUT2D eigenvalue weighted by atomic mass is 9.99. The number of anilines is 2. The van der Waals surface area contributed by atoms with Crippen LogP contribution in [0.1, 0.15) is 65.3 Å². The van der Waals surface area contributed by atoms with Crippen LogP contribution in [0, 0.1) is 6.92 Å². The van der Waals surface area contributed by atoms with Crippen molar-refractivity contribution in [3.8, 4) is 0 Å². The number of aromatic nitrogens is 2. The Morgan fingerprint density at radius 1 is 1.00 bits per heavy atom. The zero-order chi connectivity index (χ0) is 15.2. The second-order valence-electron chi connectivity index (χ2n) is 6.00. The molecule has 0 saturated heterocycles. The first-order valence-corrected chi connectivity index (χ1v) is 7.83. The molecule has 2 N–H and O–H groups in total. The zero-order valence-corrected chi connectivity index (χ0v) is 13.9. The van der Waals surface area contributed by atoms with Crippen LogP contribution in [0.15, 0.2) is 0 Å². The van der Waals surface area contributed by atoms with Crippen LogP contribution in [0.2, 0.25) is 0 Å². The van der Waals surface area contributed by atoms with Crippen LogP contribution in [-0.4, -0.2) is 22.1 Å². The molecule has 0 aliphatic carbocycles. The molecule has 1 heterocycles. The molecule has 1 rings (SSSR count). The van der Waals surface area contributed by atoms with E-state index in [-0.39, 0.29) is 5.54 Å². The van der Waals surface area contributed by atoms with E-state index in [0.717, 1.165) is 55.3 Å². The molecule has 0 bridgehead atoms. The van der Waals surface area contributed by atoms with Gasteiger partial charge in [0.1, 0.15) is 17.5 Å². The first-order valence-electron chi connectivity index (χ1n) is 7.83. The summed E-state index contributed by atoms with van der Waals surface area (Å²) in [6.07, 6.45) is 4.22. The zero-order valence-electron chi connectivity index (χ0n) is 13.9. The summed E-state index contributed by atoms with van der Waals surface area (Å²) in [6.45, 7) is 13.9. The normalized spacial score (nSPS) is 11.5. The van der Waals surface area contributed by atoms with E-state index in [9.17, 15) is 0 Å². The van der Waals surface area contributed by atoms with E-state index in [2.05, 4.69) is 62.1 Å². The molecule has 4 heteroatoms. The van der Waals surface area contributed by atoms with Gasteiger partial charge in [-0.3, -0.25) is 0 Å². The molecule has 1 aromatic rings. The largest absolute Gasteiger partial charge is 0.370 e. The number of hydrogen-bond donors (Lipinski definition) is 2. The smallest absolute Gasteiger partial charge is 0.135 e. The minimum Gasteiger partial charge on any atom is -0.370 e. The Kier molecular flexibility index (Phi) is 6.24. The minimum atomic E-state index is 0.0564. The molecule has 0 atom stereocenters. The lowest BCUT2D eigenvalue weighted by Gasteiger charge is -2.28. The van der Waals surface area contributed by atoms with E-state index in [4.69, 9.17) is 0 Å². The van der Waals surface area contributed by atoms with Gasteiger partial charge in [-0.15, -0.1) is 0 Å². The molecule has 0 saturated carbocycles. The van der Waals surface area contributed by atoms with Crippen LogP contribution in [0.4, 0.5) is 11.6 Å². The Balaban J connectivity index is 3.04. The highest BCUT2D eigenvalue weighted by molar-refractivity contribution is 5.58. The van der Waals surface area contributed by atoms with Gasteiger partial charge in [0.15, 0.2) is 0 Å². The standard InChI is InChI=1S/C16H30N4/c1-7-10-16(5,6)20-15-12(4)14(17-11-8-2)18-13(9-3)19-15/h7-11H2,1-6H3,(H2,17,18,19,20). The maximum atomic E-state index is 4.66. The third kappa shape index (κ3) is 4.66. The Labute approximate surface area is 123 Å². The summed E-state index contributed by atoms with van der Waals surface area (Å²) in [5.41, 5.74) is 1.17. The molecule has 0 fully saturated rings. The second-order valence-corrected chi connectivity index (χ2v) is 6.00. The van der Waals surface area contributed by atoms with Crippen molar-refractivity contribution in [2.75, 3.05) is 17.2 Å². The SMILES string of the molecule is CCCNc1nc(CC)nc(NC(C)(C)CCC)c1C. The van der Waals surface area contributed by atoms with E-state index in [1.807, 2.05) is 0 Å². The average molecular weight is 278 g/mol. The summed E-state index contributed by atoms with van der Waals surface area (Å²) in [4.78, 5) is 9.27. The molecular formula is C16H30N4. The Bertz CT molecular complexity index is 427. The van der Waals surface area contributed by atoms with Gasteiger partial charge in [-0.25, -0.2) is 9.97 Å². The van der Waals surface area contributed by atoms with Gasteiger partial charge in [0.25, 0.3) is 0 Å². The molecule has 0 spiro atoms. The van der Waals surface area contributed by atoms with Crippen molar-refractivity contribution in [1.82, 2.24) is 9.97 Å². The predicted octanol–water partition coefficient (Wildman–Crippen LogP) is 4.16. The maximum Gasteiger partial charge on any atom is 0.135 e. The van der Waals surface area contributed by atoms with Gasteiger partial charge in [0.2, 0.25) is 0 Å². The number of hydrogen-bond acceptors (Lipinski definition) is 4. The van der Waals surface area contributed by atoms with Crippen molar-refractivity contribution in [3.05, 3.63) is 11.4 Å². The fraction of sp³-hybridized carbons (Fsp3) is 0.750. The molecule has 4 nitrogen and oxygen atoms in total. The molecule has 0 aliphatic rings. The predicted molar refractivity (Wildman–Crippen MR) is 87.5 cm³/mol. The molecule has 0 radical (unpaired) electrons. The third-order valence-electron chi connectivity index (χ3n) is 3.38. The maximum absolute atomic E-state index is 4.66. The van der Waals surface area contributed by atoms with E-state index >= 15 is 0 Å². The third-order valence-corrected chi connectivity index (χ3v) is 3.38. The van der Waals surface area contributed by atoms with Crippen LogP contribution in [0.5, 0.6) is 0 Å². The number of aryl methyl sites for hydroxylation is 1. The quantitative estimate of drug-likeness (QED) is 0.749. The molecule has 0 amide bonds. The number of nitrogens with one attached hydrogen (secondary N) is 2. The summed E-state index contributed by atoms with van der Waals surface area (Å²) in [5.74, 6) is 2.83. The molecule has 114 valence electrons. The first kappa shape index (κ1) is 16.7. The van der Waals surface area contributed by atoms with Crippen LogP contribution in [0.25, 0.3) is 0 Å². The molecule has 1 aromatic heterocycles. The Morgan fingerprint density at radius 2 is 1.65 bits per heavy atom. The van der Waals surface area contributed by atoms with Crippen LogP contribution in [0.3, 0.4) is 0 Å². The van der Waals surface area contributed by atoms with E-state index in [0.29, 0.717) is 0 Å². The molecule has 0 unspecified atom stereocenters. The van der Waals surface area contributed by atoms with Crippen LogP contribution < -0.4 is 10.6 Å². The summed E-state index contributed by atoms with van der Waals surface area (Å²) in [5, 5.41) is 6.99. The van der Waals surface area contributed by atoms with Crippen molar-refractivity contribution in [2.24, 2.45) is 0 Å². The van der Waals surface area contributed by atoms with Gasteiger partial charge in [0, 0.05) is 24.1 Å². The molecule has 0 aliphatic heterocycles. The highest BCUT2D eigenvalue weighted by Gasteiger charge is 2.19. The van der Waals surface area contributed by atoms with Gasteiger partial charge in [0.05, 0.1) is 0 Å². The van der Waals surface area contributed by atoms with Crippen molar-refractivity contribution in [2.45, 2.75) is 72.8 Å². The van der Waals surface area contributed by atoms with E-state index < -0.39 is 0 Å². The fourth-order valence-electron chi connectivity index (χ4n) is 2.27. The fourth-order valence-corrected chi connectivity index (χ4v) is 2.27. The summed E-state index contributed by atoms with van der Waals surface area (Å²) in [7, 11) is 0. The Hall–Kier alpha value is -1.32. The number of rotatable bonds is 8. The second kappa shape index (κ2) is 7.46. The monoisotopic (exact) mass is 278 g/mol. The molecular weight excluding hydrogens is 248 g/mol. The topological polar surface area (TPSA) is 49.8 Å². The highest BCUT2D eigenvalue weighted by atomic mass is 15.1. The van der Waals surface area contributed by atoms with Crippen LogP contribution in [-0.2, 0) is 6.42 Å². The summed E-state index contributed by atoms with van der Waals surface area (Å²) in [6, 6.07) is 0. The van der Waals surface area contributed by atoms with E-state index in [1.165, 1.54) is 0 Å². The van der Waals surface area contributed by atoms with Gasteiger partial charge >= 0.3 is 0 Å².